The molecule has 0 unspecified atom stereocenters. The van der Waals surface area contributed by atoms with Crippen LogP contribution in [0.5, 0.6) is 0 Å². The lowest BCUT2D eigenvalue weighted by Gasteiger charge is -2.25. The van der Waals surface area contributed by atoms with Crippen LogP contribution in [0.2, 0.25) is 5.02 Å². The molecule has 392 valence electrons. The van der Waals surface area contributed by atoms with Gasteiger partial charge in [-0.15, -0.1) is 0 Å². The van der Waals surface area contributed by atoms with Crippen molar-refractivity contribution in [3.8, 4) is 11.1 Å². The third-order valence-electron chi connectivity index (χ3n) is 12.7. The molecular formula is C46H43ClF10N8O6S2. The van der Waals surface area contributed by atoms with E-state index in [1.165, 1.54) is 44.3 Å². The van der Waals surface area contributed by atoms with Crippen LogP contribution < -0.4 is 9.62 Å². The van der Waals surface area contributed by atoms with Gasteiger partial charge in [-0.2, -0.15) is 49.6 Å². The number of aryl methyl sites for hydroxylation is 1. The number of rotatable bonds is 15. The molecule has 27 heteroatoms. The van der Waals surface area contributed by atoms with Crippen LogP contribution in [0, 0.1) is 17.6 Å². The number of carbonyl (C=O) groups is 2. The molecule has 0 bridgehead atoms. The number of aromatic nitrogens is 6. The average molecular weight is 1090 g/mol. The summed E-state index contributed by atoms with van der Waals surface area (Å²) in [5, 5.41) is 8.91. The first-order valence-electron chi connectivity index (χ1n) is 21.8. The number of sulfone groups is 1. The summed E-state index contributed by atoms with van der Waals surface area (Å²) in [6, 6.07) is 7.75. The standard InChI is InChI=1S/C46H43ClF10N8O6S2/c1-23-24(2)45(53,54)40-35(23)39(46(55,56)57)61-63(40)21-34(66)60-33(18-25-16-27(48)19-28(49)17-25)37-30(10-9-29(59-37)13-14-43(3,4)72(5,68)69)31-11-12-32(47)36-38(31)64(22-44(50,51)52)62-41(36)65(73(6,70)71)42(67)26-8-7-15-58-20-26/h7-12,15-17,19-20,23-24,33H,13-14,18,21-22H2,1-6H3,(H,60,66)/t23-,24+,33-/m0/s1. The van der Waals surface area contributed by atoms with Crippen molar-refractivity contribution in [2.45, 2.75) is 95.0 Å². The lowest BCUT2D eigenvalue weighted by atomic mass is 9.93. The van der Waals surface area contributed by atoms with Gasteiger partial charge in [0.1, 0.15) is 30.4 Å². The summed E-state index contributed by atoms with van der Waals surface area (Å²) in [5.74, 6) is -12.8. The van der Waals surface area contributed by atoms with E-state index in [1.54, 1.807) is 0 Å². The third-order valence-corrected chi connectivity index (χ3v) is 16.2. The normalized spacial score (nSPS) is 16.7. The number of fused-ring (bicyclic) bond motifs is 2. The van der Waals surface area contributed by atoms with Gasteiger partial charge < -0.3 is 5.32 Å². The molecule has 0 aliphatic heterocycles. The number of sulfonamides is 1. The zero-order chi connectivity index (χ0) is 54.1. The highest BCUT2D eigenvalue weighted by atomic mass is 35.5. The quantitative estimate of drug-likeness (QED) is 0.0974. The van der Waals surface area contributed by atoms with Crippen LogP contribution in [0.4, 0.5) is 49.7 Å². The van der Waals surface area contributed by atoms with Gasteiger partial charge in [0, 0.05) is 53.0 Å². The highest BCUT2D eigenvalue weighted by Crippen LogP contribution is 2.55. The number of amides is 2. The molecule has 2 aromatic carbocycles. The zero-order valence-corrected chi connectivity index (χ0v) is 41.6. The number of nitrogens with one attached hydrogen (secondary N) is 1. The highest BCUT2D eigenvalue weighted by Gasteiger charge is 2.57. The number of pyridine rings is 2. The summed E-state index contributed by atoms with van der Waals surface area (Å²) in [5.41, 5.74) is -5.66. The number of nitrogens with zero attached hydrogens (tertiary/aromatic N) is 7. The first-order valence-corrected chi connectivity index (χ1v) is 25.9. The number of alkyl halides is 8. The predicted molar refractivity (Wildman–Crippen MR) is 247 cm³/mol. The Bertz CT molecular complexity index is 3370. The first kappa shape index (κ1) is 54.6. The fraction of sp³-hybridized carbons (Fsp3) is 0.391. The molecule has 7 rings (SSSR count). The Morgan fingerprint density at radius 1 is 0.904 bits per heavy atom. The maximum Gasteiger partial charge on any atom is 0.435 e. The van der Waals surface area contributed by atoms with Gasteiger partial charge in [-0.25, -0.2) is 25.6 Å². The molecule has 0 fully saturated rings. The Morgan fingerprint density at radius 3 is 2.12 bits per heavy atom. The Morgan fingerprint density at radius 2 is 1.55 bits per heavy atom. The van der Waals surface area contributed by atoms with Crippen LogP contribution in [0.3, 0.4) is 0 Å². The summed E-state index contributed by atoms with van der Waals surface area (Å²) in [7, 11) is -8.52. The fourth-order valence-corrected chi connectivity index (χ4v) is 10.2. The number of benzene rings is 2. The molecule has 0 radical (unpaired) electrons. The van der Waals surface area contributed by atoms with Crippen molar-refractivity contribution in [1.29, 1.82) is 0 Å². The van der Waals surface area contributed by atoms with E-state index >= 15 is 8.78 Å². The van der Waals surface area contributed by atoms with Crippen molar-refractivity contribution < 1.29 is 70.3 Å². The van der Waals surface area contributed by atoms with Crippen LogP contribution in [-0.2, 0) is 62.7 Å². The number of hydrogen-bond donors (Lipinski definition) is 1. The molecule has 73 heavy (non-hydrogen) atoms. The van der Waals surface area contributed by atoms with Gasteiger partial charge in [-0.3, -0.25) is 28.9 Å². The number of halogens is 11. The Labute approximate surface area is 415 Å². The molecule has 14 nitrogen and oxygen atoms in total. The molecule has 1 N–H and O–H groups in total. The summed E-state index contributed by atoms with van der Waals surface area (Å²) in [4.78, 5) is 36.8. The molecule has 1 aliphatic rings. The lowest BCUT2D eigenvalue weighted by Crippen LogP contribution is -2.37. The first-order chi connectivity index (χ1) is 33.6. The second kappa shape index (κ2) is 19.3. The van der Waals surface area contributed by atoms with Crippen molar-refractivity contribution in [3.05, 3.63) is 123 Å². The molecule has 1 aliphatic carbocycles. The SMILES string of the molecule is C[C@@H]1c2c(C(F)(F)F)nn(CC(=O)N[C@@H](Cc3cc(F)cc(F)c3)c3nc(CCC(C)(C)S(C)(=O)=O)ccc3-c3ccc(Cl)c4c(N(C(=O)c5cccnc5)S(C)(=O)=O)nn(CC(F)(F)F)c34)c2C(F)(F)[C@@H]1C. The van der Waals surface area contributed by atoms with Crippen LogP contribution in [0.15, 0.2) is 67.0 Å². The summed E-state index contributed by atoms with van der Waals surface area (Å²) >= 11 is 6.69. The summed E-state index contributed by atoms with van der Waals surface area (Å²) < 4.78 is 200. The smallest absolute Gasteiger partial charge is 0.346 e. The van der Waals surface area contributed by atoms with Gasteiger partial charge in [0.25, 0.3) is 11.8 Å². The number of anilines is 1. The Hall–Kier alpha value is -6.15. The maximum atomic E-state index is 15.8. The van der Waals surface area contributed by atoms with E-state index < -0.39 is 142 Å². The molecule has 6 aromatic rings. The minimum atomic E-state index is -5.25. The summed E-state index contributed by atoms with van der Waals surface area (Å²) in [6.07, 6.45) is -7.48. The molecule has 0 spiro atoms. The van der Waals surface area contributed by atoms with Crippen molar-refractivity contribution in [2.24, 2.45) is 5.92 Å². The van der Waals surface area contributed by atoms with E-state index in [0.29, 0.717) is 17.0 Å². The largest absolute Gasteiger partial charge is 0.435 e. The number of hydrogen-bond acceptors (Lipinski definition) is 10. The summed E-state index contributed by atoms with van der Waals surface area (Å²) in [6.45, 7) is 1.75. The molecular weight excluding hydrogens is 1050 g/mol. The second-order valence-electron chi connectivity index (χ2n) is 18.3. The highest BCUT2D eigenvalue weighted by molar-refractivity contribution is 7.93. The monoisotopic (exact) mass is 1090 g/mol. The third kappa shape index (κ3) is 11.1. The van der Waals surface area contributed by atoms with Gasteiger partial charge in [0.05, 0.1) is 44.2 Å². The predicted octanol–water partition coefficient (Wildman–Crippen LogP) is 9.51. The maximum absolute atomic E-state index is 15.8. The van der Waals surface area contributed by atoms with E-state index in [4.69, 9.17) is 16.6 Å². The van der Waals surface area contributed by atoms with E-state index in [2.05, 4.69) is 20.5 Å². The van der Waals surface area contributed by atoms with Crippen LogP contribution in [0.1, 0.15) is 90.3 Å². The minimum Gasteiger partial charge on any atom is -0.346 e. The molecule has 4 heterocycles. The topological polar surface area (TPSA) is 179 Å². The molecule has 0 saturated carbocycles. The van der Waals surface area contributed by atoms with Gasteiger partial charge in [-0.1, -0.05) is 37.6 Å². The van der Waals surface area contributed by atoms with Gasteiger partial charge >= 0.3 is 12.4 Å². The van der Waals surface area contributed by atoms with Crippen molar-refractivity contribution in [2.75, 3.05) is 16.8 Å². The van der Waals surface area contributed by atoms with Crippen molar-refractivity contribution in [3.63, 3.8) is 0 Å². The van der Waals surface area contributed by atoms with Gasteiger partial charge in [-0.05, 0) is 81.0 Å². The van der Waals surface area contributed by atoms with E-state index in [0.717, 1.165) is 50.6 Å². The molecule has 4 aromatic heterocycles. The van der Waals surface area contributed by atoms with Crippen molar-refractivity contribution >= 4 is 60.0 Å². The Kier molecular flexibility index (Phi) is 14.4. The lowest BCUT2D eigenvalue weighted by molar-refractivity contribution is -0.143. The molecule has 0 saturated heterocycles. The van der Waals surface area contributed by atoms with E-state index in [-0.39, 0.29) is 55.5 Å². The number of carbonyl (C=O) groups excluding carboxylic acids is 2. The van der Waals surface area contributed by atoms with Crippen LogP contribution in [0.25, 0.3) is 22.0 Å². The fourth-order valence-electron chi connectivity index (χ4n) is 8.60. The van der Waals surface area contributed by atoms with Gasteiger partial charge in [0.2, 0.25) is 15.9 Å². The average Bonchev–Trinajstić information content (AvgIpc) is 3.88. The van der Waals surface area contributed by atoms with Crippen LogP contribution in [-0.4, -0.2) is 81.6 Å². The second-order valence-corrected chi connectivity index (χ2v) is 23.2. The van der Waals surface area contributed by atoms with E-state index in [9.17, 15) is 61.5 Å². The van der Waals surface area contributed by atoms with E-state index in [1.807, 2.05) is 0 Å². The van der Waals surface area contributed by atoms with Gasteiger partial charge in [0.15, 0.2) is 21.3 Å². The molecule has 2 amide bonds. The van der Waals surface area contributed by atoms with Crippen LogP contribution >= 0.6 is 11.6 Å². The minimum absolute atomic E-state index is 0.0579. The Balaban J connectivity index is 1.49. The molecule has 3 atom stereocenters. The zero-order valence-electron chi connectivity index (χ0n) is 39.2. The van der Waals surface area contributed by atoms with Crippen molar-refractivity contribution in [1.82, 2.24) is 34.8 Å².